The number of carbonyl (C=O) groups excluding carboxylic acids is 1. The lowest BCUT2D eigenvalue weighted by molar-refractivity contribution is -0.147. The average molecular weight is 229 g/mol. The number of ether oxygens (including phenoxy) is 1. The first-order valence-corrected chi connectivity index (χ1v) is 5.06. The van der Waals surface area contributed by atoms with Crippen molar-refractivity contribution < 1.29 is 13.9 Å². The SMILES string of the molecule is CC1(c2ccc(F)cc2Cl)CCC(=O)O1. The van der Waals surface area contributed by atoms with Gasteiger partial charge in [-0.1, -0.05) is 17.7 Å². The molecule has 0 spiro atoms. The third kappa shape index (κ3) is 1.84. The lowest BCUT2D eigenvalue weighted by Crippen LogP contribution is -2.21. The molecule has 15 heavy (non-hydrogen) atoms. The molecular formula is C11H10ClFO2. The maximum absolute atomic E-state index is 12.8. The molecule has 0 saturated carbocycles. The van der Waals surface area contributed by atoms with E-state index in [0.717, 1.165) is 0 Å². The van der Waals surface area contributed by atoms with Crippen molar-refractivity contribution in [2.45, 2.75) is 25.4 Å². The fraction of sp³-hybridized carbons (Fsp3) is 0.364. The van der Waals surface area contributed by atoms with Crippen molar-refractivity contribution in [1.82, 2.24) is 0 Å². The fourth-order valence-corrected chi connectivity index (χ4v) is 2.17. The van der Waals surface area contributed by atoms with E-state index in [0.29, 0.717) is 23.4 Å². The summed E-state index contributed by atoms with van der Waals surface area (Å²) < 4.78 is 18.1. The molecule has 1 atom stereocenters. The molecule has 1 saturated heterocycles. The van der Waals surface area contributed by atoms with Crippen LogP contribution in [0.2, 0.25) is 5.02 Å². The Morgan fingerprint density at radius 1 is 1.53 bits per heavy atom. The Labute approximate surface area is 92.0 Å². The highest BCUT2D eigenvalue weighted by Crippen LogP contribution is 2.39. The number of esters is 1. The maximum atomic E-state index is 12.8. The third-order valence-corrected chi connectivity index (χ3v) is 2.96. The summed E-state index contributed by atoms with van der Waals surface area (Å²) >= 11 is 5.92. The van der Waals surface area contributed by atoms with Gasteiger partial charge in [-0.2, -0.15) is 0 Å². The topological polar surface area (TPSA) is 26.3 Å². The van der Waals surface area contributed by atoms with E-state index in [4.69, 9.17) is 16.3 Å². The summed E-state index contributed by atoms with van der Waals surface area (Å²) in [5.74, 6) is -0.630. The van der Waals surface area contributed by atoms with E-state index in [9.17, 15) is 9.18 Å². The molecule has 0 radical (unpaired) electrons. The minimum absolute atomic E-state index is 0.238. The smallest absolute Gasteiger partial charge is 0.306 e. The Bertz CT molecular complexity index is 419. The second kappa shape index (κ2) is 3.49. The number of benzene rings is 1. The standard InChI is InChI=1S/C11H10ClFO2/c1-11(5-4-10(14)15-11)8-3-2-7(13)6-9(8)12/h2-3,6H,4-5H2,1H3. The monoisotopic (exact) mass is 228 g/mol. The van der Waals surface area contributed by atoms with Crippen LogP contribution in [0, 0.1) is 5.82 Å². The summed E-state index contributed by atoms with van der Waals surface area (Å²) in [4.78, 5) is 11.1. The van der Waals surface area contributed by atoms with Crippen molar-refractivity contribution in [3.63, 3.8) is 0 Å². The first-order valence-electron chi connectivity index (χ1n) is 4.69. The van der Waals surface area contributed by atoms with E-state index in [2.05, 4.69) is 0 Å². The molecule has 1 aliphatic heterocycles. The Morgan fingerprint density at radius 3 is 2.80 bits per heavy atom. The average Bonchev–Trinajstić information content (AvgIpc) is 2.46. The van der Waals surface area contributed by atoms with Gasteiger partial charge in [0.25, 0.3) is 0 Å². The van der Waals surface area contributed by atoms with Crippen LogP contribution < -0.4 is 0 Å². The molecule has 1 aliphatic rings. The maximum Gasteiger partial charge on any atom is 0.306 e. The van der Waals surface area contributed by atoms with Crippen LogP contribution in [0.3, 0.4) is 0 Å². The quantitative estimate of drug-likeness (QED) is 0.691. The lowest BCUT2D eigenvalue weighted by atomic mass is 9.93. The molecule has 1 aromatic rings. The summed E-state index contributed by atoms with van der Waals surface area (Å²) in [5, 5.41) is 0.298. The van der Waals surface area contributed by atoms with Gasteiger partial charge in [0.05, 0.1) is 5.02 Å². The number of rotatable bonds is 1. The summed E-state index contributed by atoms with van der Waals surface area (Å²) in [6.07, 6.45) is 0.960. The Hall–Kier alpha value is -1.09. The number of cyclic esters (lactones) is 1. The predicted molar refractivity (Wildman–Crippen MR) is 54.1 cm³/mol. The summed E-state index contributed by atoms with van der Waals surface area (Å²) in [6.45, 7) is 1.79. The molecule has 2 rings (SSSR count). The molecule has 80 valence electrons. The molecule has 0 aliphatic carbocycles. The van der Waals surface area contributed by atoms with Crippen LogP contribution in [0.25, 0.3) is 0 Å². The van der Waals surface area contributed by atoms with E-state index in [1.807, 2.05) is 0 Å². The largest absolute Gasteiger partial charge is 0.454 e. The lowest BCUT2D eigenvalue weighted by Gasteiger charge is -2.24. The fourth-order valence-electron chi connectivity index (χ4n) is 1.80. The number of carbonyl (C=O) groups is 1. The van der Waals surface area contributed by atoms with E-state index in [1.54, 1.807) is 13.0 Å². The van der Waals surface area contributed by atoms with Crippen molar-refractivity contribution in [2.24, 2.45) is 0 Å². The van der Waals surface area contributed by atoms with Crippen molar-refractivity contribution >= 4 is 17.6 Å². The van der Waals surface area contributed by atoms with Gasteiger partial charge in [-0.3, -0.25) is 4.79 Å². The van der Waals surface area contributed by atoms with Gasteiger partial charge in [0.1, 0.15) is 11.4 Å². The van der Waals surface area contributed by atoms with E-state index < -0.39 is 11.4 Å². The first kappa shape index (κ1) is 10.4. The van der Waals surface area contributed by atoms with Crippen molar-refractivity contribution in [3.05, 3.63) is 34.6 Å². The Balaban J connectivity index is 2.41. The summed E-state index contributed by atoms with van der Waals surface area (Å²) in [6, 6.07) is 4.11. The molecule has 1 unspecified atom stereocenters. The van der Waals surface area contributed by atoms with Crippen LogP contribution in [-0.4, -0.2) is 5.97 Å². The second-order valence-electron chi connectivity index (χ2n) is 3.83. The van der Waals surface area contributed by atoms with Gasteiger partial charge in [0.2, 0.25) is 0 Å². The third-order valence-electron chi connectivity index (χ3n) is 2.65. The minimum atomic E-state index is -0.706. The number of halogens is 2. The van der Waals surface area contributed by atoms with E-state index >= 15 is 0 Å². The Morgan fingerprint density at radius 2 is 2.27 bits per heavy atom. The van der Waals surface area contributed by atoms with Gasteiger partial charge in [-0.25, -0.2) is 4.39 Å². The summed E-state index contributed by atoms with van der Waals surface area (Å²) in [5.41, 5.74) is -0.0431. The molecule has 0 N–H and O–H groups in total. The zero-order valence-electron chi connectivity index (χ0n) is 8.22. The molecule has 1 heterocycles. The van der Waals surface area contributed by atoms with Gasteiger partial charge in [-0.15, -0.1) is 0 Å². The highest BCUT2D eigenvalue weighted by atomic mass is 35.5. The normalized spacial score (nSPS) is 25.4. The molecule has 1 aromatic carbocycles. The van der Waals surface area contributed by atoms with Crippen LogP contribution in [-0.2, 0) is 15.1 Å². The van der Waals surface area contributed by atoms with E-state index in [-0.39, 0.29) is 5.97 Å². The minimum Gasteiger partial charge on any atom is -0.454 e. The molecule has 0 bridgehead atoms. The van der Waals surface area contributed by atoms with Gasteiger partial charge in [-0.05, 0) is 19.1 Å². The van der Waals surface area contributed by atoms with Crippen molar-refractivity contribution in [2.75, 3.05) is 0 Å². The van der Waals surface area contributed by atoms with Crippen LogP contribution in [0.1, 0.15) is 25.3 Å². The van der Waals surface area contributed by atoms with Crippen molar-refractivity contribution in [1.29, 1.82) is 0 Å². The van der Waals surface area contributed by atoms with Gasteiger partial charge in [0.15, 0.2) is 0 Å². The second-order valence-corrected chi connectivity index (χ2v) is 4.24. The zero-order chi connectivity index (χ0) is 11.1. The van der Waals surface area contributed by atoms with Crippen LogP contribution >= 0.6 is 11.6 Å². The molecule has 1 fully saturated rings. The summed E-state index contributed by atoms with van der Waals surface area (Å²) in [7, 11) is 0. The predicted octanol–water partition coefficient (Wildman–Crippen LogP) is 3.03. The molecule has 4 heteroatoms. The Kier molecular flexibility index (Phi) is 2.43. The highest BCUT2D eigenvalue weighted by Gasteiger charge is 2.38. The van der Waals surface area contributed by atoms with Crippen LogP contribution in [0.15, 0.2) is 18.2 Å². The molecule has 0 amide bonds. The van der Waals surface area contributed by atoms with E-state index in [1.165, 1.54) is 12.1 Å². The number of hydrogen-bond donors (Lipinski definition) is 0. The number of hydrogen-bond acceptors (Lipinski definition) is 2. The highest BCUT2D eigenvalue weighted by molar-refractivity contribution is 6.31. The van der Waals surface area contributed by atoms with Gasteiger partial charge < -0.3 is 4.74 Å². The molecule has 0 aromatic heterocycles. The van der Waals surface area contributed by atoms with Crippen LogP contribution in [0.4, 0.5) is 4.39 Å². The van der Waals surface area contributed by atoms with Gasteiger partial charge >= 0.3 is 5.97 Å². The van der Waals surface area contributed by atoms with Gasteiger partial charge in [0, 0.05) is 18.4 Å². The first-order chi connectivity index (χ1) is 7.01. The van der Waals surface area contributed by atoms with Crippen molar-refractivity contribution in [3.8, 4) is 0 Å². The van der Waals surface area contributed by atoms with Crippen LogP contribution in [0.5, 0.6) is 0 Å². The molecule has 2 nitrogen and oxygen atoms in total. The molecular weight excluding hydrogens is 219 g/mol. The zero-order valence-corrected chi connectivity index (χ0v) is 8.97.